The van der Waals surface area contributed by atoms with E-state index in [0.717, 1.165) is 4.90 Å². The van der Waals surface area contributed by atoms with Gasteiger partial charge in [0, 0.05) is 6.54 Å². The number of nitrogens with zero attached hydrogens (tertiary/aromatic N) is 4. The number of anilines is 1. The number of hydrogen-bond acceptors (Lipinski definition) is 5. The minimum atomic E-state index is -1.08. The summed E-state index contributed by atoms with van der Waals surface area (Å²) in [5, 5.41) is 18.6. The summed E-state index contributed by atoms with van der Waals surface area (Å²) in [7, 11) is 0. The average Bonchev–Trinajstić information content (AvgIpc) is 2.30. The molecule has 0 saturated heterocycles. The number of aromatic nitrogens is 3. The summed E-state index contributed by atoms with van der Waals surface area (Å²) in [6, 6.07) is -0.565. The van der Waals surface area contributed by atoms with Crippen molar-refractivity contribution in [2.75, 3.05) is 18.4 Å². The Morgan fingerprint density at radius 2 is 1.94 bits per heavy atom. The van der Waals surface area contributed by atoms with Gasteiger partial charge in [-0.2, -0.15) is 5.10 Å². The van der Waals surface area contributed by atoms with Crippen molar-refractivity contribution in [3.05, 3.63) is 11.4 Å². The van der Waals surface area contributed by atoms with Crippen molar-refractivity contribution >= 4 is 17.9 Å². The molecule has 2 N–H and O–H groups in total. The summed E-state index contributed by atoms with van der Waals surface area (Å²) in [5.74, 6) is -1.02. The third kappa shape index (κ3) is 3.65. The number of carboxylic acids is 1. The fraction of sp³-hybridized carbons (Fsp3) is 0.500. The van der Waals surface area contributed by atoms with Gasteiger partial charge >= 0.3 is 12.0 Å². The molecule has 2 amide bonds. The molecule has 0 unspecified atom stereocenters. The van der Waals surface area contributed by atoms with Gasteiger partial charge in [-0.25, -0.2) is 9.78 Å². The normalized spacial score (nSPS) is 9.94. The van der Waals surface area contributed by atoms with Gasteiger partial charge in [0.25, 0.3) is 5.95 Å². The van der Waals surface area contributed by atoms with Crippen LogP contribution in [0.4, 0.5) is 10.7 Å². The lowest BCUT2D eigenvalue weighted by Crippen LogP contribution is -2.39. The smallest absolute Gasteiger partial charge is 0.324 e. The van der Waals surface area contributed by atoms with E-state index >= 15 is 0 Å². The minimum absolute atomic E-state index is 0.0620. The number of carboxylic acid groups (broad SMARTS) is 1. The van der Waals surface area contributed by atoms with Gasteiger partial charge in [-0.15, -0.1) is 5.10 Å². The van der Waals surface area contributed by atoms with Gasteiger partial charge in [0.05, 0.1) is 11.4 Å². The van der Waals surface area contributed by atoms with Crippen LogP contribution in [0.25, 0.3) is 0 Å². The SMILES string of the molecule is CCN(CC(=O)O)C(=O)Nc1nnc(C)c(C)n1. The second kappa shape index (κ2) is 5.89. The van der Waals surface area contributed by atoms with E-state index in [2.05, 4.69) is 20.5 Å². The monoisotopic (exact) mass is 253 g/mol. The molecule has 0 atom stereocenters. The maximum absolute atomic E-state index is 11.7. The lowest BCUT2D eigenvalue weighted by molar-refractivity contribution is -0.137. The van der Waals surface area contributed by atoms with E-state index in [9.17, 15) is 9.59 Å². The molecule has 0 aliphatic rings. The average molecular weight is 253 g/mol. The van der Waals surface area contributed by atoms with Crippen molar-refractivity contribution < 1.29 is 14.7 Å². The van der Waals surface area contributed by atoms with Crippen LogP contribution in [-0.4, -0.2) is 50.3 Å². The molecule has 1 aromatic heterocycles. The number of aliphatic carboxylic acids is 1. The summed E-state index contributed by atoms with van der Waals surface area (Å²) in [4.78, 5) is 27.4. The number of rotatable bonds is 4. The van der Waals surface area contributed by atoms with Crippen LogP contribution in [0, 0.1) is 13.8 Å². The molecule has 0 fully saturated rings. The highest BCUT2D eigenvalue weighted by Gasteiger charge is 2.16. The summed E-state index contributed by atoms with van der Waals surface area (Å²) in [6.45, 7) is 5.08. The van der Waals surface area contributed by atoms with E-state index in [4.69, 9.17) is 5.11 Å². The van der Waals surface area contributed by atoms with Gasteiger partial charge in [0.15, 0.2) is 0 Å². The van der Waals surface area contributed by atoms with Gasteiger partial charge in [0.2, 0.25) is 0 Å². The molecule has 1 rings (SSSR count). The van der Waals surface area contributed by atoms with Gasteiger partial charge in [-0.3, -0.25) is 10.1 Å². The third-order valence-corrected chi connectivity index (χ3v) is 2.31. The zero-order valence-corrected chi connectivity index (χ0v) is 10.5. The second-order valence-corrected chi connectivity index (χ2v) is 3.64. The van der Waals surface area contributed by atoms with Gasteiger partial charge < -0.3 is 10.0 Å². The van der Waals surface area contributed by atoms with Gasteiger partial charge in [-0.1, -0.05) is 0 Å². The Balaban J connectivity index is 2.73. The fourth-order valence-corrected chi connectivity index (χ4v) is 1.17. The maximum atomic E-state index is 11.7. The van der Waals surface area contributed by atoms with Crippen LogP contribution in [0.3, 0.4) is 0 Å². The van der Waals surface area contributed by atoms with E-state index in [1.165, 1.54) is 0 Å². The number of hydrogen-bond donors (Lipinski definition) is 2. The number of urea groups is 1. The molecule has 0 radical (unpaired) electrons. The third-order valence-electron chi connectivity index (χ3n) is 2.31. The Kier molecular flexibility index (Phi) is 4.52. The standard InChI is InChI=1S/C10H15N5O3/c1-4-15(5-8(16)17)10(18)12-9-11-6(2)7(3)13-14-9/h4-5H2,1-3H3,(H,16,17)(H,11,12,14,18). The first-order chi connectivity index (χ1) is 8.43. The van der Waals surface area contributed by atoms with Crippen molar-refractivity contribution in [1.82, 2.24) is 20.1 Å². The van der Waals surface area contributed by atoms with E-state index in [1.54, 1.807) is 20.8 Å². The topological polar surface area (TPSA) is 108 Å². The molecule has 1 heterocycles. The van der Waals surface area contributed by atoms with Crippen molar-refractivity contribution in [3.63, 3.8) is 0 Å². The van der Waals surface area contributed by atoms with Crippen molar-refractivity contribution in [2.45, 2.75) is 20.8 Å². The molecule has 98 valence electrons. The Labute approximate surface area is 104 Å². The molecule has 0 bridgehead atoms. The number of carbonyl (C=O) groups excluding carboxylic acids is 1. The van der Waals surface area contributed by atoms with Crippen molar-refractivity contribution in [3.8, 4) is 0 Å². The van der Waals surface area contributed by atoms with E-state index in [-0.39, 0.29) is 19.0 Å². The van der Waals surface area contributed by atoms with Crippen LogP contribution in [0.1, 0.15) is 18.3 Å². The molecule has 0 aliphatic carbocycles. The van der Waals surface area contributed by atoms with Crippen LogP contribution in [0.2, 0.25) is 0 Å². The summed E-state index contributed by atoms with van der Waals surface area (Å²) >= 11 is 0. The predicted octanol–water partition coefficient (Wildman–Crippen LogP) is 0.427. The highest BCUT2D eigenvalue weighted by Crippen LogP contribution is 2.03. The van der Waals surface area contributed by atoms with E-state index < -0.39 is 12.0 Å². The van der Waals surface area contributed by atoms with Gasteiger partial charge in [0.1, 0.15) is 6.54 Å². The molecule has 0 aliphatic heterocycles. The number of carbonyl (C=O) groups is 2. The quantitative estimate of drug-likeness (QED) is 0.805. The zero-order valence-electron chi connectivity index (χ0n) is 10.5. The van der Waals surface area contributed by atoms with Crippen LogP contribution in [-0.2, 0) is 4.79 Å². The van der Waals surface area contributed by atoms with Crippen LogP contribution < -0.4 is 5.32 Å². The molecule has 8 heteroatoms. The molecule has 18 heavy (non-hydrogen) atoms. The Bertz CT molecular complexity index is 463. The largest absolute Gasteiger partial charge is 0.480 e. The number of amides is 2. The molecule has 0 spiro atoms. The first kappa shape index (κ1) is 13.8. The lowest BCUT2D eigenvalue weighted by atomic mass is 10.4. The highest BCUT2D eigenvalue weighted by molar-refractivity contribution is 5.89. The zero-order chi connectivity index (χ0) is 13.7. The molecular formula is C10H15N5O3. The molecule has 1 aromatic rings. The summed E-state index contributed by atoms with van der Waals surface area (Å²) in [5.41, 5.74) is 1.33. The van der Waals surface area contributed by atoms with Gasteiger partial charge in [-0.05, 0) is 20.8 Å². The van der Waals surface area contributed by atoms with Crippen LogP contribution in [0.15, 0.2) is 0 Å². The highest BCUT2D eigenvalue weighted by atomic mass is 16.4. The van der Waals surface area contributed by atoms with Crippen molar-refractivity contribution in [1.29, 1.82) is 0 Å². The lowest BCUT2D eigenvalue weighted by Gasteiger charge is -2.18. The summed E-state index contributed by atoms with van der Waals surface area (Å²) < 4.78 is 0. The van der Waals surface area contributed by atoms with Crippen LogP contribution >= 0.6 is 0 Å². The molecule has 0 saturated carbocycles. The maximum Gasteiger partial charge on any atom is 0.324 e. The second-order valence-electron chi connectivity index (χ2n) is 3.64. The number of aryl methyl sites for hydroxylation is 2. The first-order valence-electron chi connectivity index (χ1n) is 5.39. The van der Waals surface area contributed by atoms with E-state index in [1.807, 2.05) is 0 Å². The van der Waals surface area contributed by atoms with Crippen molar-refractivity contribution in [2.24, 2.45) is 0 Å². The predicted molar refractivity (Wildman–Crippen MR) is 63.2 cm³/mol. The Hall–Kier alpha value is -2.25. The van der Waals surface area contributed by atoms with E-state index in [0.29, 0.717) is 11.4 Å². The number of nitrogens with one attached hydrogen (secondary N) is 1. The summed E-state index contributed by atoms with van der Waals surface area (Å²) in [6.07, 6.45) is 0. The molecule has 0 aromatic carbocycles. The minimum Gasteiger partial charge on any atom is -0.480 e. The first-order valence-corrected chi connectivity index (χ1v) is 5.39. The Morgan fingerprint density at radius 3 is 2.44 bits per heavy atom. The molecular weight excluding hydrogens is 238 g/mol. The van der Waals surface area contributed by atoms with Crippen LogP contribution in [0.5, 0.6) is 0 Å². The fourth-order valence-electron chi connectivity index (χ4n) is 1.17. The molecule has 8 nitrogen and oxygen atoms in total. The Morgan fingerprint density at radius 1 is 1.28 bits per heavy atom. The number of likely N-dealkylation sites (N-methyl/N-ethyl adjacent to an activating group) is 1.